The van der Waals surface area contributed by atoms with Crippen LogP contribution in [0.25, 0.3) is 0 Å². The Hall–Kier alpha value is -1.55. The number of aliphatic hydroxyl groups is 1. The van der Waals surface area contributed by atoms with Crippen molar-refractivity contribution in [1.29, 1.82) is 0 Å². The fourth-order valence-electron chi connectivity index (χ4n) is 1.11. The maximum Gasteiger partial charge on any atom is 0.328 e. The lowest BCUT2D eigenvalue weighted by molar-refractivity contribution is -0.138. The van der Waals surface area contributed by atoms with Crippen LogP contribution in [-0.4, -0.2) is 28.8 Å². The third kappa shape index (κ3) is 2.47. The molecule has 0 amide bonds. The number of anilines is 1. The summed E-state index contributed by atoms with van der Waals surface area (Å²) in [6.07, 6.45) is 0. The maximum absolute atomic E-state index is 10.6. The zero-order chi connectivity index (χ0) is 10.6. The first-order valence-electron chi connectivity index (χ1n) is 4.31. The highest BCUT2D eigenvalue weighted by Crippen LogP contribution is 2.14. The molecule has 0 fully saturated rings. The summed E-state index contributed by atoms with van der Waals surface area (Å²) in [6.45, 7) is 1.45. The van der Waals surface area contributed by atoms with E-state index in [0.717, 1.165) is 11.3 Å². The highest BCUT2D eigenvalue weighted by molar-refractivity contribution is 5.77. The smallest absolute Gasteiger partial charge is 0.328 e. The quantitative estimate of drug-likeness (QED) is 0.666. The van der Waals surface area contributed by atoms with E-state index in [-0.39, 0.29) is 0 Å². The van der Waals surface area contributed by atoms with Crippen molar-refractivity contribution in [2.75, 3.05) is 11.9 Å². The number of carboxylic acids is 1. The minimum Gasteiger partial charge on any atom is -0.480 e. The van der Waals surface area contributed by atoms with Crippen molar-refractivity contribution >= 4 is 11.7 Å². The van der Waals surface area contributed by atoms with Crippen molar-refractivity contribution in [3.8, 4) is 0 Å². The lowest BCUT2D eigenvalue weighted by Gasteiger charge is -2.14. The van der Waals surface area contributed by atoms with Gasteiger partial charge in [0.15, 0.2) is 0 Å². The SMILES string of the molecule is Cc1ccccc1N[C@@H](CO)C(=O)O. The van der Waals surface area contributed by atoms with Crippen molar-refractivity contribution in [3.05, 3.63) is 29.8 Å². The Morgan fingerprint density at radius 3 is 2.64 bits per heavy atom. The minimum absolute atomic E-state index is 0.427. The molecule has 76 valence electrons. The molecule has 0 aromatic heterocycles. The highest BCUT2D eigenvalue weighted by atomic mass is 16.4. The lowest BCUT2D eigenvalue weighted by Crippen LogP contribution is -2.32. The van der Waals surface area contributed by atoms with Crippen molar-refractivity contribution in [2.24, 2.45) is 0 Å². The van der Waals surface area contributed by atoms with E-state index in [4.69, 9.17) is 10.2 Å². The number of hydrogen-bond acceptors (Lipinski definition) is 3. The molecular formula is C10H13NO3. The van der Waals surface area contributed by atoms with Gasteiger partial charge in [0.05, 0.1) is 6.61 Å². The van der Waals surface area contributed by atoms with Crippen LogP contribution in [0.2, 0.25) is 0 Å². The van der Waals surface area contributed by atoms with Crippen LogP contribution in [-0.2, 0) is 4.79 Å². The van der Waals surface area contributed by atoms with Gasteiger partial charge in [-0.2, -0.15) is 0 Å². The third-order valence-electron chi connectivity index (χ3n) is 1.96. The molecule has 4 heteroatoms. The van der Waals surface area contributed by atoms with E-state index in [1.165, 1.54) is 0 Å². The number of benzene rings is 1. The number of hydrogen-bond donors (Lipinski definition) is 3. The Labute approximate surface area is 82.2 Å². The van der Waals surface area contributed by atoms with Gasteiger partial charge in [0.25, 0.3) is 0 Å². The molecule has 1 aromatic carbocycles. The second-order valence-corrected chi connectivity index (χ2v) is 3.03. The Morgan fingerprint density at radius 2 is 2.14 bits per heavy atom. The van der Waals surface area contributed by atoms with Gasteiger partial charge in [-0.3, -0.25) is 0 Å². The summed E-state index contributed by atoms with van der Waals surface area (Å²) in [5, 5.41) is 20.3. The van der Waals surface area contributed by atoms with E-state index < -0.39 is 18.6 Å². The summed E-state index contributed by atoms with van der Waals surface area (Å²) >= 11 is 0. The summed E-state index contributed by atoms with van der Waals surface area (Å²) in [6, 6.07) is 6.39. The first kappa shape index (κ1) is 10.5. The van der Waals surface area contributed by atoms with E-state index in [9.17, 15) is 4.79 Å². The molecular weight excluding hydrogens is 182 g/mol. The number of carbonyl (C=O) groups is 1. The number of rotatable bonds is 4. The molecule has 1 rings (SSSR count). The second kappa shape index (κ2) is 4.62. The van der Waals surface area contributed by atoms with Crippen LogP contribution in [0.1, 0.15) is 5.56 Å². The molecule has 0 aliphatic rings. The number of aliphatic carboxylic acids is 1. The van der Waals surface area contributed by atoms with Gasteiger partial charge in [-0.25, -0.2) is 4.79 Å². The molecule has 1 aromatic rings. The van der Waals surface area contributed by atoms with Gasteiger partial charge in [0, 0.05) is 5.69 Å². The number of carboxylic acid groups (broad SMARTS) is 1. The summed E-state index contributed by atoms with van der Waals surface area (Å²) in [4.78, 5) is 10.6. The molecule has 0 spiro atoms. The summed E-state index contributed by atoms with van der Waals surface area (Å²) in [7, 11) is 0. The molecule has 0 saturated carbocycles. The van der Waals surface area contributed by atoms with E-state index in [1.807, 2.05) is 25.1 Å². The molecule has 0 heterocycles. The Bertz CT molecular complexity index is 325. The van der Waals surface area contributed by atoms with Gasteiger partial charge < -0.3 is 15.5 Å². The Morgan fingerprint density at radius 1 is 1.50 bits per heavy atom. The van der Waals surface area contributed by atoms with E-state index in [0.29, 0.717) is 0 Å². The maximum atomic E-state index is 10.6. The summed E-state index contributed by atoms with van der Waals surface area (Å²) in [5.41, 5.74) is 1.68. The third-order valence-corrected chi connectivity index (χ3v) is 1.96. The minimum atomic E-state index is -1.06. The molecule has 3 N–H and O–H groups in total. The number of aryl methyl sites for hydroxylation is 1. The fraction of sp³-hybridized carbons (Fsp3) is 0.300. The molecule has 0 unspecified atom stereocenters. The second-order valence-electron chi connectivity index (χ2n) is 3.03. The zero-order valence-electron chi connectivity index (χ0n) is 7.90. The molecule has 0 aliphatic heterocycles. The van der Waals surface area contributed by atoms with Gasteiger partial charge in [-0.15, -0.1) is 0 Å². The molecule has 14 heavy (non-hydrogen) atoms. The molecule has 1 atom stereocenters. The Balaban J connectivity index is 2.77. The first-order chi connectivity index (χ1) is 6.65. The van der Waals surface area contributed by atoms with Gasteiger partial charge in [-0.05, 0) is 18.6 Å². The largest absolute Gasteiger partial charge is 0.480 e. The van der Waals surface area contributed by atoms with Gasteiger partial charge in [0.2, 0.25) is 0 Å². The first-order valence-corrected chi connectivity index (χ1v) is 4.31. The lowest BCUT2D eigenvalue weighted by atomic mass is 10.2. The standard InChI is InChI=1S/C10H13NO3/c1-7-4-2-3-5-8(7)11-9(6-12)10(13)14/h2-5,9,11-12H,6H2,1H3,(H,13,14)/t9-/m0/s1. The fourth-order valence-corrected chi connectivity index (χ4v) is 1.11. The predicted octanol–water partition coefficient (Wildman–Crippen LogP) is 0.852. The van der Waals surface area contributed by atoms with Crippen LogP contribution in [0.5, 0.6) is 0 Å². The Kier molecular flexibility index (Phi) is 3.48. The van der Waals surface area contributed by atoms with Crippen molar-refractivity contribution in [2.45, 2.75) is 13.0 Å². The number of para-hydroxylation sites is 1. The van der Waals surface area contributed by atoms with Crippen molar-refractivity contribution < 1.29 is 15.0 Å². The van der Waals surface area contributed by atoms with Crippen LogP contribution in [0.3, 0.4) is 0 Å². The molecule has 0 saturated heterocycles. The molecule has 0 radical (unpaired) electrons. The van der Waals surface area contributed by atoms with Crippen molar-refractivity contribution in [1.82, 2.24) is 0 Å². The van der Waals surface area contributed by atoms with Crippen LogP contribution < -0.4 is 5.32 Å². The summed E-state index contributed by atoms with van der Waals surface area (Å²) < 4.78 is 0. The predicted molar refractivity (Wildman–Crippen MR) is 53.3 cm³/mol. The average Bonchev–Trinajstić information content (AvgIpc) is 2.16. The monoisotopic (exact) mass is 195 g/mol. The highest BCUT2D eigenvalue weighted by Gasteiger charge is 2.15. The van der Waals surface area contributed by atoms with Crippen molar-refractivity contribution in [3.63, 3.8) is 0 Å². The summed E-state index contributed by atoms with van der Waals surface area (Å²) in [5.74, 6) is -1.06. The zero-order valence-corrected chi connectivity index (χ0v) is 7.90. The molecule has 4 nitrogen and oxygen atoms in total. The molecule has 0 bridgehead atoms. The number of nitrogens with one attached hydrogen (secondary N) is 1. The van der Waals surface area contributed by atoms with Gasteiger partial charge in [-0.1, -0.05) is 18.2 Å². The van der Waals surface area contributed by atoms with Crippen LogP contribution >= 0.6 is 0 Å². The van der Waals surface area contributed by atoms with Crippen LogP contribution in [0.15, 0.2) is 24.3 Å². The topological polar surface area (TPSA) is 69.6 Å². The van der Waals surface area contributed by atoms with E-state index >= 15 is 0 Å². The van der Waals surface area contributed by atoms with Gasteiger partial charge >= 0.3 is 5.97 Å². The van der Waals surface area contributed by atoms with Crippen LogP contribution in [0.4, 0.5) is 5.69 Å². The molecule has 0 aliphatic carbocycles. The normalized spacial score (nSPS) is 12.1. The van der Waals surface area contributed by atoms with E-state index in [2.05, 4.69) is 5.32 Å². The average molecular weight is 195 g/mol. The van der Waals surface area contributed by atoms with Gasteiger partial charge in [0.1, 0.15) is 6.04 Å². The van der Waals surface area contributed by atoms with E-state index in [1.54, 1.807) is 6.07 Å². The van der Waals surface area contributed by atoms with Crippen LogP contribution in [0, 0.1) is 6.92 Å². The number of aliphatic hydroxyl groups excluding tert-OH is 1.